The molecule has 3 aromatic rings. The van der Waals surface area contributed by atoms with Gasteiger partial charge in [-0.2, -0.15) is 5.10 Å². The standard InChI is InChI=1S/C20H23ClN3O3P/c1-20(2,3)15-4-7-17(8-5-15)28(26,27)23-18-9-6-16(21)10-19(18)24-12-14(13-25)11-22-24/h4-12,25H,13H2,1-3H3,(H2,23,26,27). The fraction of sp³-hybridized carbons (Fsp3) is 0.250. The molecule has 6 nitrogen and oxygen atoms in total. The molecule has 1 unspecified atom stereocenters. The molecule has 0 bridgehead atoms. The normalized spacial score (nSPS) is 13.9. The lowest BCUT2D eigenvalue weighted by Crippen LogP contribution is -2.16. The van der Waals surface area contributed by atoms with E-state index in [-0.39, 0.29) is 12.0 Å². The molecule has 1 atom stereocenters. The van der Waals surface area contributed by atoms with E-state index in [1.54, 1.807) is 36.5 Å². The number of nitrogens with zero attached hydrogens (tertiary/aromatic N) is 2. The van der Waals surface area contributed by atoms with Gasteiger partial charge in [0.1, 0.15) is 0 Å². The second kappa shape index (κ2) is 7.72. The molecule has 8 heteroatoms. The number of hydrogen-bond donors (Lipinski definition) is 3. The first kappa shape index (κ1) is 20.6. The highest BCUT2D eigenvalue weighted by atomic mass is 35.5. The Bertz CT molecular complexity index is 1030. The van der Waals surface area contributed by atoms with Gasteiger partial charge < -0.3 is 15.1 Å². The Labute approximate surface area is 169 Å². The van der Waals surface area contributed by atoms with Crippen molar-refractivity contribution in [2.24, 2.45) is 0 Å². The van der Waals surface area contributed by atoms with Crippen molar-refractivity contribution in [3.8, 4) is 5.69 Å². The zero-order valence-corrected chi connectivity index (χ0v) is 17.6. The summed E-state index contributed by atoms with van der Waals surface area (Å²) in [7, 11) is -3.89. The largest absolute Gasteiger partial charge is 0.392 e. The molecule has 2 aromatic carbocycles. The van der Waals surface area contributed by atoms with E-state index in [4.69, 9.17) is 11.6 Å². The lowest BCUT2D eigenvalue weighted by Gasteiger charge is -2.21. The van der Waals surface area contributed by atoms with Gasteiger partial charge in [-0.3, -0.25) is 4.57 Å². The maximum absolute atomic E-state index is 13.0. The van der Waals surface area contributed by atoms with Gasteiger partial charge in [0.25, 0.3) is 0 Å². The lowest BCUT2D eigenvalue weighted by molar-refractivity contribution is 0.282. The van der Waals surface area contributed by atoms with Gasteiger partial charge in [-0.1, -0.05) is 44.5 Å². The Morgan fingerprint density at radius 2 is 1.86 bits per heavy atom. The monoisotopic (exact) mass is 419 g/mol. The zero-order chi connectivity index (χ0) is 20.5. The minimum atomic E-state index is -3.89. The molecule has 0 amide bonds. The molecule has 0 aliphatic heterocycles. The quantitative estimate of drug-likeness (QED) is 0.538. The maximum atomic E-state index is 13.0. The molecular weight excluding hydrogens is 397 g/mol. The second-order valence-corrected chi connectivity index (χ2v) is 9.93. The van der Waals surface area contributed by atoms with E-state index >= 15 is 0 Å². The number of rotatable bonds is 5. The topological polar surface area (TPSA) is 87.4 Å². The van der Waals surface area contributed by atoms with E-state index in [9.17, 15) is 14.6 Å². The van der Waals surface area contributed by atoms with E-state index in [1.165, 1.54) is 10.9 Å². The van der Waals surface area contributed by atoms with Crippen molar-refractivity contribution in [1.29, 1.82) is 0 Å². The summed E-state index contributed by atoms with van der Waals surface area (Å²) in [6, 6.07) is 12.0. The van der Waals surface area contributed by atoms with E-state index in [0.29, 0.717) is 27.3 Å². The van der Waals surface area contributed by atoms with Crippen LogP contribution in [0, 0.1) is 0 Å². The molecule has 1 heterocycles. The van der Waals surface area contributed by atoms with Crippen LogP contribution in [0.4, 0.5) is 5.69 Å². The molecule has 148 valence electrons. The lowest BCUT2D eigenvalue weighted by atomic mass is 9.87. The van der Waals surface area contributed by atoms with E-state index in [1.807, 2.05) is 12.1 Å². The van der Waals surface area contributed by atoms with E-state index < -0.39 is 7.52 Å². The molecule has 0 radical (unpaired) electrons. The highest BCUT2D eigenvalue weighted by molar-refractivity contribution is 7.67. The van der Waals surface area contributed by atoms with Gasteiger partial charge in [0, 0.05) is 16.8 Å². The van der Waals surface area contributed by atoms with E-state index in [0.717, 1.165) is 5.56 Å². The van der Waals surface area contributed by atoms with Gasteiger partial charge >= 0.3 is 7.52 Å². The SMILES string of the molecule is CC(C)(C)c1ccc(P(=O)(O)Nc2ccc(Cl)cc2-n2cc(CO)cn2)cc1. The van der Waals surface area contributed by atoms with Gasteiger partial charge in [-0.15, -0.1) is 0 Å². The zero-order valence-electron chi connectivity index (χ0n) is 15.9. The predicted molar refractivity (Wildman–Crippen MR) is 113 cm³/mol. The summed E-state index contributed by atoms with van der Waals surface area (Å²) in [4.78, 5) is 10.7. The van der Waals surface area contributed by atoms with Crippen LogP contribution < -0.4 is 10.4 Å². The van der Waals surface area contributed by atoms with E-state index in [2.05, 4.69) is 31.0 Å². The van der Waals surface area contributed by atoms with Gasteiger partial charge in [0.15, 0.2) is 0 Å². The number of aliphatic hydroxyl groups excluding tert-OH is 1. The first-order valence-corrected chi connectivity index (χ1v) is 10.8. The number of nitrogens with one attached hydrogen (secondary N) is 1. The molecule has 0 saturated heterocycles. The third-order valence-electron chi connectivity index (χ3n) is 4.38. The van der Waals surface area contributed by atoms with Crippen LogP contribution >= 0.6 is 19.1 Å². The second-order valence-electron chi connectivity index (χ2n) is 7.60. The van der Waals surface area contributed by atoms with Crippen molar-refractivity contribution >= 4 is 30.1 Å². The number of hydrogen-bond acceptors (Lipinski definition) is 3. The van der Waals surface area contributed by atoms with Crippen LogP contribution in [0.25, 0.3) is 5.69 Å². The number of halogens is 1. The minimum Gasteiger partial charge on any atom is -0.392 e. The number of anilines is 1. The summed E-state index contributed by atoms with van der Waals surface area (Å²) in [5.41, 5.74) is 2.57. The molecule has 0 saturated carbocycles. The molecular formula is C20H23ClN3O3P. The van der Waals surface area contributed by atoms with Crippen LogP contribution in [0.1, 0.15) is 31.9 Å². The first-order chi connectivity index (χ1) is 13.1. The Hall–Kier alpha value is -2.11. The Balaban J connectivity index is 1.95. The number of aliphatic hydroxyl groups is 1. The number of benzene rings is 2. The molecule has 0 spiro atoms. The molecule has 28 heavy (non-hydrogen) atoms. The molecule has 0 aliphatic carbocycles. The van der Waals surface area contributed by atoms with Gasteiger partial charge in [-0.05, 0) is 41.3 Å². The summed E-state index contributed by atoms with van der Waals surface area (Å²) in [5.74, 6) is 0. The van der Waals surface area contributed by atoms with Crippen LogP contribution in [0.2, 0.25) is 5.02 Å². The third-order valence-corrected chi connectivity index (χ3v) is 6.16. The average molecular weight is 420 g/mol. The van der Waals surface area contributed by atoms with Crippen molar-refractivity contribution in [1.82, 2.24) is 9.78 Å². The van der Waals surface area contributed by atoms with Crippen molar-refractivity contribution < 1.29 is 14.6 Å². The molecule has 3 N–H and O–H groups in total. The summed E-state index contributed by atoms with van der Waals surface area (Å²) in [6.45, 7) is 6.11. The van der Waals surface area contributed by atoms with Crippen molar-refractivity contribution in [3.63, 3.8) is 0 Å². The van der Waals surface area contributed by atoms with Gasteiger partial charge in [0.05, 0.1) is 29.5 Å². The van der Waals surface area contributed by atoms with Crippen LogP contribution in [0.3, 0.4) is 0 Å². The van der Waals surface area contributed by atoms with Crippen molar-refractivity contribution in [2.75, 3.05) is 5.09 Å². The highest BCUT2D eigenvalue weighted by Crippen LogP contribution is 2.42. The predicted octanol–water partition coefficient (Wildman–Crippen LogP) is 4.24. The fourth-order valence-electron chi connectivity index (χ4n) is 2.75. The average Bonchev–Trinajstić information content (AvgIpc) is 3.11. The van der Waals surface area contributed by atoms with Crippen LogP contribution in [-0.2, 0) is 16.6 Å². The number of aromatic nitrogens is 2. The minimum absolute atomic E-state index is 0.0424. The van der Waals surface area contributed by atoms with Gasteiger partial charge in [-0.25, -0.2) is 4.68 Å². The van der Waals surface area contributed by atoms with Gasteiger partial charge in [0.2, 0.25) is 0 Å². The first-order valence-electron chi connectivity index (χ1n) is 8.77. The molecule has 3 rings (SSSR count). The molecule has 0 fully saturated rings. The van der Waals surface area contributed by atoms with Crippen molar-refractivity contribution in [2.45, 2.75) is 32.8 Å². The third kappa shape index (κ3) is 4.47. The van der Waals surface area contributed by atoms with Crippen LogP contribution in [0.5, 0.6) is 0 Å². The van der Waals surface area contributed by atoms with Crippen LogP contribution in [-0.4, -0.2) is 19.8 Å². The summed E-state index contributed by atoms with van der Waals surface area (Å²) < 4.78 is 14.5. The van der Waals surface area contributed by atoms with Crippen molar-refractivity contribution in [3.05, 3.63) is 71.0 Å². The smallest absolute Gasteiger partial charge is 0.321 e. The highest BCUT2D eigenvalue weighted by Gasteiger charge is 2.24. The summed E-state index contributed by atoms with van der Waals surface area (Å²) in [6.07, 6.45) is 3.16. The summed E-state index contributed by atoms with van der Waals surface area (Å²) in [5, 5.41) is 17.0. The molecule has 0 aliphatic rings. The van der Waals surface area contributed by atoms with Crippen LogP contribution in [0.15, 0.2) is 54.9 Å². The maximum Gasteiger partial charge on any atom is 0.321 e. The molecule has 1 aromatic heterocycles. The Morgan fingerprint density at radius 3 is 2.43 bits per heavy atom. The summed E-state index contributed by atoms with van der Waals surface area (Å²) >= 11 is 6.11. The Morgan fingerprint density at radius 1 is 1.18 bits per heavy atom. The fourth-order valence-corrected chi connectivity index (χ4v) is 4.12. The Kier molecular flexibility index (Phi) is 5.69.